The second-order valence-electron chi connectivity index (χ2n) is 2.92. The van der Waals surface area contributed by atoms with E-state index in [1.807, 2.05) is 0 Å². The van der Waals surface area contributed by atoms with Gasteiger partial charge in [0.05, 0.1) is 10.6 Å². The molecule has 1 heterocycles. The first-order chi connectivity index (χ1) is 7.08. The van der Waals surface area contributed by atoms with Gasteiger partial charge in [-0.05, 0) is 17.7 Å². The van der Waals surface area contributed by atoms with Crippen LogP contribution in [0.25, 0.3) is 0 Å². The molecule has 0 radical (unpaired) electrons. The van der Waals surface area contributed by atoms with Gasteiger partial charge in [0, 0.05) is 12.2 Å². The molecule has 76 valence electrons. The van der Waals surface area contributed by atoms with Crippen LogP contribution in [0.5, 0.6) is 0 Å². The van der Waals surface area contributed by atoms with Crippen molar-refractivity contribution in [2.45, 2.75) is 0 Å². The number of carbonyl (C=O) groups excluding carboxylic acids is 1. The molecule has 0 N–H and O–H groups in total. The molecule has 6 nitrogen and oxygen atoms in total. The predicted molar refractivity (Wildman–Crippen MR) is 53.4 cm³/mol. The highest BCUT2D eigenvalue weighted by atomic mass is 35.5. The minimum atomic E-state index is -0.780. The monoisotopic (exact) mass is 225 g/mol. The van der Waals surface area contributed by atoms with Crippen molar-refractivity contribution < 1.29 is 9.72 Å². The first kappa shape index (κ1) is 9.72. The molecule has 1 amide bonds. The van der Waals surface area contributed by atoms with Gasteiger partial charge in [-0.3, -0.25) is 14.9 Å². The number of amides is 1. The van der Waals surface area contributed by atoms with E-state index in [1.165, 1.54) is 18.2 Å². The predicted octanol–water partition coefficient (Wildman–Crippen LogP) is 0.909. The summed E-state index contributed by atoms with van der Waals surface area (Å²) < 4.78 is 0. The summed E-state index contributed by atoms with van der Waals surface area (Å²) in [6, 6.07) is 0. The average molecular weight is 226 g/mol. The Kier molecular flexibility index (Phi) is 2.20. The highest BCUT2D eigenvalue weighted by Gasteiger charge is 2.30. The minimum Gasteiger partial charge on any atom is -0.271 e. The molecule has 1 aliphatic carbocycles. The number of amidine groups is 1. The van der Waals surface area contributed by atoms with Crippen molar-refractivity contribution in [1.29, 1.82) is 0 Å². The second kappa shape index (κ2) is 3.39. The van der Waals surface area contributed by atoms with E-state index in [4.69, 9.17) is 11.6 Å². The van der Waals surface area contributed by atoms with Crippen LogP contribution in [-0.2, 0) is 4.79 Å². The molecule has 2 rings (SSSR count). The zero-order valence-electron chi connectivity index (χ0n) is 7.25. The maximum Gasteiger partial charge on any atom is 0.266 e. The lowest BCUT2D eigenvalue weighted by Gasteiger charge is -2.15. The van der Waals surface area contributed by atoms with Crippen molar-refractivity contribution in [2.75, 3.05) is 0 Å². The molecule has 1 unspecified atom stereocenters. The molecular formula is C8H4ClN3O3. The summed E-state index contributed by atoms with van der Waals surface area (Å²) in [6.45, 7) is 0. The molecule has 0 aromatic rings. The van der Waals surface area contributed by atoms with Crippen LogP contribution in [0.3, 0.4) is 0 Å². The molecule has 2 aliphatic rings. The largest absolute Gasteiger partial charge is 0.271 e. The fourth-order valence-corrected chi connectivity index (χ4v) is 1.49. The minimum absolute atomic E-state index is 0.138. The number of fused-ring (bicyclic) bond motifs is 1. The lowest BCUT2D eigenvalue weighted by molar-refractivity contribution is -0.419. The highest BCUT2D eigenvalue weighted by Crippen LogP contribution is 2.20. The van der Waals surface area contributed by atoms with Gasteiger partial charge in [0.25, 0.3) is 11.6 Å². The average Bonchev–Trinajstić information content (AvgIpc) is 2.16. The van der Waals surface area contributed by atoms with Crippen molar-refractivity contribution >= 4 is 28.5 Å². The van der Waals surface area contributed by atoms with E-state index in [0.29, 0.717) is 5.71 Å². The van der Waals surface area contributed by atoms with Crippen molar-refractivity contribution in [3.05, 3.63) is 34.0 Å². The first-order valence-electron chi connectivity index (χ1n) is 3.99. The summed E-state index contributed by atoms with van der Waals surface area (Å²) in [7, 11) is 0. The van der Waals surface area contributed by atoms with Crippen LogP contribution in [0.1, 0.15) is 0 Å². The maximum absolute atomic E-state index is 11.4. The zero-order chi connectivity index (χ0) is 11.0. The zero-order valence-corrected chi connectivity index (χ0v) is 8.01. The van der Waals surface area contributed by atoms with Crippen molar-refractivity contribution in [3.8, 4) is 0 Å². The normalized spacial score (nSPS) is 23.9. The van der Waals surface area contributed by atoms with Crippen LogP contribution in [0, 0.1) is 16.0 Å². The highest BCUT2D eigenvalue weighted by molar-refractivity contribution is 6.67. The third kappa shape index (κ3) is 1.71. The Labute approximate surface area is 88.8 Å². The summed E-state index contributed by atoms with van der Waals surface area (Å²) >= 11 is 5.48. The Bertz CT molecular complexity index is 476. The number of carbonyl (C=O) groups is 1. The van der Waals surface area contributed by atoms with Crippen molar-refractivity contribution in [1.82, 2.24) is 0 Å². The summed E-state index contributed by atoms with van der Waals surface area (Å²) in [5.74, 6) is -1.31. The number of rotatable bonds is 1. The SMILES string of the molecule is O=C1N=C(Cl)N=C2C=CC([N+](=O)[O-])=CC12. The Balaban J connectivity index is 2.41. The molecule has 1 aliphatic heterocycles. The molecule has 0 aromatic heterocycles. The summed E-state index contributed by atoms with van der Waals surface area (Å²) in [5, 5.41) is 10.3. The standard InChI is InChI=1S/C8H4ClN3O3/c9-8-10-6-2-1-4(12(14)15)3-5(6)7(13)11-8/h1-3,5H. The molecule has 0 spiro atoms. The maximum atomic E-state index is 11.4. The van der Waals surface area contributed by atoms with E-state index >= 15 is 0 Å². The molecule has 7 heteroatoms. The van der Waals surface area contributed by atoms with Crippen LogP contribution >= 0.6 is 11.6 Å². The van der Waals surface area contributed by atoms with Gasteiger partial charge in [0.15, 0.2) is 0 Å². The van der Waals surface area contributed by atoms with Gasteiger partial charge in [0.2, 0.25) is 5.29 Å². The molecule has 1 atom stereocenters. The lowest BCUT2D eigenvalue weighted by atomic mass is 9.95. The molecule has 0 saturated heterocycles. The topological polar surface area (TPSA) is 84.9 Å². The molecule has 15 heavy (non-hydrogen) atoms. The van der Waals surface area contributed by atoms with E-state index in [1.54, 1.807) is 0 Å². The number of allylic oxidation sites excluding steroid dienone is 2. The Morgan fingerprint density at radius 1 is 1.40 bits per heavy atom. The van der Waals surface area contributed by atoms with E-state index in [2.05, 4.69) is 9.98 Å². The smallest absolute Gasteiger partial charge is 0.266 e. The van der Waals surface area contributed by atoms with Crippen molar-refractivity contribution in [3.63, 3.8) is 0 Å². The summed E-state index contributed by atoms with van der Waals surface area (Å²) in [4.78, 5) is 28.5. The quantitative estimate of drug-likeness (QED) is 0.378. The van der Waals surface area contributed by atoms with E-state index < -0.39 is 16.7 Å². The van der Waals surface area contributed by atoms with Crippen LogP contribution in [-0.4, -0.2) is 21.8 Å². The Morgan fingerprint density at radius 3 is 2.80 bits per heavy atom. The number of hydrogen-bond acceptors (Lipinski definition) is 4. The van der Waals surface area contributed by atoms with Gasteiger partial charge in [0.1, 0.15) is 5.92 Å². The van der Waals surface area contributed by atoms with Crippen LogP contribution in [0.4, 0.5) is 0 Å². The number of aliphatic imine (C=N–C) groups is 2. The number of nitrogens with zero attached hydrogens (tertiary/aromatic N) is 3. The van der Waals surface area contributed by atoms with Gasteiger partial charge in [-0.1, -0.05) is 0 Å². The van der Waals surface area contributed by atoms with E-state index in [-0.39, 0.29) is 11.0 Å². The van der Waals surface area contributed by atoms with Crippen LogP contribution < -0.4 is 0 Å². The molecular weight excluding hydrogens is 222 g/mol. The second-order valence-corrected chi connectivity index (χ2v) is 3.25. The Morgan fingerprint density at radius 2 is 2.13 bits per heavy atom. The molecule has 0 aromatic carbocycles. The van der Waals surface area contributed by atoms with Gasteiger partial charge in [-0.25, -0.2) is 4.99 Å². The summed E-state index contributed by atoms with van der Waals surface area (Å²) in [6.07, 6.45) is 3.89. The number of hydrogen-bond donors (Lipinski definition) is 0. The van der Waals surface area contributed by atoms with Crippen molar-refractivity contribution in [2.24, 2.45) is 15.9 Å². The fourth-order valence-electron chi connectivity index (χ4n) is 1.30. The summed E-state index contributed by atoms with van der Waals surface area (Å²) in [5.41, 5.74) is 0.242. The molecule has 0 fully saturated rings. The number of nitro groups is 1. The van der Waals surface area contributed by atoms with Gasteiger partial charge >= 0.3 is 0 Å². The van der Waals surface area contributed by atoms with E-state index in [9.17, 15) is 14.9 Å². The van der Waals surface area contributed by atoms with Gasteiger partial charge in [-0.2, -0.15) is 4.99 Å². The van der Waals surface area contributed by atoms with Gasteiger partial charge in [-0.15, -0.1) is 0 Å². The van der Waals surface area contributed by atoms with Gasteiger partial charge < -0.3 is 0 Å². The van der Waals surface area contributed by atoms with E-state index in [0.717, 1.165) is 0 Å². The van der Waals surface area contributed by atoms with Crippen LogP contribution in [0.15, 0.2) is 33.9 Å². The lowest BCUT2D eigenvalue weighted by Crippen LogP contribution is -2.27. The third-order valence-electron chi connectivity index (χ3n) is 1.98. The first-order valence-corrected chi connectivity index (χ1v) is 4.36. The fraction of sp³-hybridized carbons (Fsp3) is 0.125. The number of halogens is 1. The van der Waals surface area contributed by atoms with Crippen LogP contribution in [0.2, 0.25) is 0 Å². The Hall–Kier alpha value is -1.82. The molecule has 0 bridgehead atoms. The third-order valence-corrected chi connectivity index (χ3v) is 2.15. The molecule has 0 saturated carbocycles.